The van der Waals surface area contributed by atoms with E-state index in [1.54, 1.807) is 0 Å². The van der Waals surface area contributed by atoms with Crippen LogP contribution in [0, 0.1) is 11.8 Å². The van der Waals surface area contributed by atoms with Crippen molar-refractivity contribution in [3.05, 3.63) is 34.3 Å². The van der Waals surface area contributed by atoms with E-state index in [1.165, 1.54) is 0 Å². The third-order valence-electron chi connectivity index (χ3n) is 5.39. The molecule has 0 aromatic heterocycles. The van der Waals surface area contributed by atoms with Crippen LogP contribution < -0.4 is 5.32 Å². The summed E-state index contributed by atoms with van der Waals surface area (Å²) in [5.41, 5.74) is 0.611. The van der Waals surface area contributed by atoms with E-state index in [9.17, 15) is 4.79 Å². The third kappa shape index (κ3) is 3.09. The predicted molar refractivity (Wildman–Crippen MR) is 92.8 cm³/mol. The minimum atomic E-state index is -0.471. The molecule has 0 aliphatic carbocycles. The maximum atomic E-state index is 13.1. The van der Waals surface area contributed by atoms with E-state index in [0.29, 0.717) is 0 Å². The molecule has 0 saturated carbocycles. The average Bonchev–Trinajstić information content (AvgIpc) is 2.85. The van der Waals surface area contributed by atoms with Gasteiger partial charge in [0.05, 0.1) is 5.41 Å². The smallest absolute Gasteiger partial charge is 0.232 e. The van der Waals surface area contributed by atoms with Crippen LogP contribution in [0.4, 0.5) is 0 Å². The maximum absolute atomic E-state index is 13.1. The molecule has 2 atom stereocenters. The van der Waals surface area contributed by atoms with Crippen LogP contribution in [0.2, 0.25) is 0 Å². The maximum Gasteiger partial charge on any atom is 0.232 e. The van der Waals surface area contributed by atoms with Gasteiger partial charge in [-0.3, -0.25) is 4.79 Å². The zero-order valence-electron chi connectivity index (χ0n) is 13.4. The van der Waals surface area contributed by atoms with Gasteiger partial charge >= 0.3 is 0 Å². The molecule has 2 aliphatic heterocycles. The number of benzene rings is 1. The van der Waals surface area contributed by atoms with Gasteiger partial charge in [-0.1, -0.05) is 28.1 Å². The van der Waals surface area contributed by atoms with Crippen LogP contribution in [0.1, 0.15) is 32.3 Å². The summed E-state index contributed by atoms with van der Waals surface area (Å²) >= 11 is 3.51. The molecular formula is C18H25BrN2O. The van der Waals surface area contributed by atoms with Crippen LogP contribution in [0.15, 0.2) is 28.7 Å². The molecule has 2 heterocycles. The Morgan fingerprint density at radius 1 is 1.23 bits per heavy atom. The molecule has 1 amide bonds. The fourth-order valence-corrected chi connectivity index (χ4v) is 4.22. The molecule has 0 unspecified atom stereocenters. The number of fused-ring (bicyclic) bond motifs is 1. The van der Waals surface area contributed by atoms with Crippen LogP contribution >= 0.6 is 15.9 Å². The van der Waals surface area contributed by atoms with Gasteiger partial charge in [-0.15, -0.1) is 0 Å². The quantitative estimate of drug-likeness (QED) is 0.873. The molecule has 2 saturated heterocycles. The second-order valence-electron chi connectivity index (χ2n) is 7.18. The molecule has 0 bridgehead atoms. The Morgan fingerprint density at radius 2 is 1.86 bits per heavy atom. The normalized spacial score (nSPS) is 25.7. The van der Waals surface area contributed by atoms with E-state index in [0.717, 1.165) is 60.9 Å². The molecule has 120 valence electrons. The van der Waals surface area contributed by atoms with Crippen molar-refractivity contribution in [2.24, 2.45) is 11.8 Å². The van der Waals surface area contributed by atoms with E-state index in [-0.39, 0.29) is 5.91 Å². The van der Waals surface area contributed by atoms with Crippen molar-refractivity contribution >= 4 is 21.8 Å². The summed E-state index contributed by atoms with van der Waals surface area (Å²) in [6.45, 7) is 8.15. The molecule has 1 aromatic rings. The number of hydrogen-bond donors (Lipinski definition) is 1. The number of amides is 1. The molecule has 4 heteroatoms. The highest BCUT2D eigenvalue weighted by Crippen LogP contribution is 2.32. The van der Waals surface area contributed by atoms with Gasteiger partial charge in [0.2, 0.25) is 5.91 Å². The van der Waals surface area contributed by atoms with Gasteiger partial charge in [0, 0.05) is 17.6 Å². The number of nitrogens with zero attached hydrogens (tertiary/aromatic N) is 1. The lowest BCUT2D eigenvalue weighted by Crippen LogP contribution is -2.44. The lowest BCUT2D eigenvalue weighted by atomic mass is 9.83. The van der Waals surface area contributed by atoms with Crippen molar-refractivity contribution in [1.82, 2.24) is 10.2 Å². The number of halogens is 1. The highest BCUT2D eigenvalue weighted by atomic mass is 79.9. The van der Waals surface area contributed by atoms with E-state index in [1.807, 2.05) is 26.0 Å². The SMILES string of the molecule is CC(C)(C(=O)N1CC[C@@H]2CNC[C@@H]2CC1)c1cccc(Br)c1. The van der Waals surface area contributed by atoms with E-state index in [4.69, 9.17) is 0 Å². The summed E-state index contributed by atoms with van der Waals surface area (Å²) in [6.07, 6.45) is 2.27. The number of carbonyl (C=O) groups is 1. The Labute approximate surface area is 141 Å². The fraction of sp³-hybridized carbons (Fsp3) is 0.611. The van der Waals surface area contributed by atoms with Crippen LogP contribution in [0.5, 0.6) is 0 Å². The predicted octanol–water partition coefficient (Wildman–Crippen LogP) is 3.18. The highest BCUT2D eigenvalue weighted by molar-refractivity contribution is 9.10. The first-order valence-corrected chi connectivity index (χ1v) is 9.04. The standard InChI is InChI=1S/C18H25BrN2O/c1-18(2,15-4-3-5-16(19)10-15)17(22)21-8-6-13-11-20-12-14(13)7-9-21/h3-5,10,13-14,20H,6-9,11-12H2,1-2H3/t13-,14+. The molecule has 22 heavy (non-hydrogen) atoms. The molecule has 2 fully saturated rings. The summed E-state index contributed by atoms with van der Waals surface area (Å²) < 4.78 is 1.03. The second-order valence-corrected chi connectivity index (χ2v) is 8.10. The first-order chi connectivity index (χ1) is 10.5. The van der Waals surface area contributed by atoms with Crippen LogP contribution in [0.3, 0.4) is 0 Å². The average molecular weight is 365 g/mol. The highest BCUT2D eigenvalue weighted by Gasteiger charge is 2.37. The van der Waals surface area contributed by atoms with Crippen molar-refractivity contribution in [3.8, 4) is 0 Å². The monoisotopic (exact) mass is 364 g/mol. The Kier molecular flexibility index (Phi) is 4.60. The number of hydrogen-bond acceptors (Lipinski definition) is 2. The van der Waals surface area contributed by atoms with Gasteiger partial charge in [-0.25, -0.2) is 0 Å². The number of carbonyl (C=O) groups excluding carboxylic acids is 1. The summed E-state index contributed by atoms with van der Waals surface area (Å²) in [5, 5.41) is 3.49. The Hall–Kier alpha value is -0.870. The first-order valence-electron chi connectivity index (χ1n) is 8.24. The van der Waals surface area contributed by atoms with Crippen LogP contribution in [-0.4, -0.2) is 37.0 Å². The second kappa shape index (κ2) is 6.32. The molecule has 0 spiro atoms. The van der Waals surface area contributed by atoms with Gasteiger partial charge in [0.1, 0.15) is 0 Å². The van der Waals surface area contributed by atoms with Gasteiger partial charge < -0.3 is 10.2 Å². The Balaban J connectivity index is 1.75. The number of likely N-dealkylation sites (tertiary alicyclic amines) is 1. The third-order valence-corrected chi connectivity index (χ3v) is 5.88. The van der Waals surface area contributed by atoms with Crippen molar-refractivity contribution < 1.29 is 4.79 Å². The van der Waals surface area contributed by atoms with Gasteiger partial charge in [0.15, 0.2) is 0 Å². The zero-order valence-corrected chi connectivity index (χ0v) is 15.0. The molecular weight excluding hydrogens is 340 g/mol. The summed E-state index contributed by atoms with van der Waals surface area (Å²) in [6, 6.07) is 8.13. The molecule has 1 N–H and O–H groups in total. The van der Waals surface area contributed by atoms with Crippen LogP contribution in [-0.2, 0) is 10.2 Å². The van der Waals surface area contributed by atoms with Crippen LogP contribution in [0.25, 0.3) is 0 Å². The van der Waals surface area contributed by atoms with Crippen molar-refractivity contribution in [1.29, 1.82) is 0 Å². The summed E-state index contributed by atoms with van der Waals surface area (Å²) in [4.78, 5) is 15.2. The van der Waals surface area contributed by atoms with Crippen molar-refractivity contribution in [2.45, 2.75) is 32.1 Å². The Morgan fingerprint density at radius 3 is 2.45 bits per heavy atom. The molecule has 0 radical (unpaired) electrons. The lowest BCUT2D eigenvalue weighted by molar-refractivity contribution is -0.136. The number of nitrogens with one attached hydrogen (secondary N) is 1. The van der Waals surface area contributed by atoms with E-state index < -0.39 is 5.41 Å². The molecule has 3 rings (SSSR count). The van der Waals surface area contributed by atoms with Gasteiger partial charge in [0.25, 0.3) is 0 Å². The largest absolute Gasteiger partial charge is 0.342 e. The molecule has 1 aromatic carbocycles. The first kappa shape index (κ1) is 16.0. The van der Waals surface area contributed by atoms with Gasteiger partial charge in [-0.2, -0.15) is 0 Å². The summed E-state index contributed by atoms with van der Waals surface area (Å²) in [5.74, 6) is 1.78. The Bertz CT molecular complexity index is 544. The fourth-order valence-electron chi connectivity index (χ4n) is 3.82. The van der Waals surface area contributed by atoms with E-state index >= 15 is 0 Å². The lowest BCUT2D eigenvalue weighted by Gasteiger charge is -2.32. The van der Waals surface area contributed by atoms with E-state index in [2.05, 4.69) is 38.3 Å². The minimum Gasteiger partial charge on any atom is -0.342 e. The number of rotatable bonds is 2. The molecule has 2 aliphatic rings. The minimum absolute atomic E-state index is 0.263. The van der Waals surface area contributed by atoms with Crippen molar-refractivity contribution in [2.75, 3.05) is 26.2 Å². The van der Waals surface area contributed by atoms with Gasteiger partial charge in [-0.05, 0) is 69.3 Å². The topological polar surface area (TPSA) is 32.3 Å². The van der Waals surface area contributed by atoms with Crippen molar-refractivity contribution in [3.63, 3.8) is 0 Å². The summed E-state index contributed by atoms with van der Waals surface area (Å²) in [7, 11) is 0. The zero-order chi connectivity index (χ0) is 15.7. The molecule has 3 nitrogen and oxygen atoms in total.